The molecule has 1 aromatic carbocycles. The van der Waals surface area contributed by atoms with Crippen molar-refractivity contribution >= 4 is 23.5 Å². The molecule has 1 aliphatic rings. The van der Waals surface area contributed by atoms with Crippen molar-refractivity contribution in [3.63, 3.8) is 0 Å². The largest absolute Gasteiger partial charge is 0.484 e. The zero-order valence-electron chi connectivity index (χ0n) is 12.9. The van der Waals surface area contributed by atoms with Gasteiger partial charge in [-0.1, -0.05) is 0 Å². The molecule has 1 fully saturated rings. The monoisotopic (exact) mass is 320 g/mol. The van der Waals surface area contributed by atoms with Gasteiger partial charge in [-0.2, -0.15) is 0 Å². The van der Waals surface area contributed by atoms with Gasteiger partial charge in [0.25, 0.3) is 5.91 Å². The van der Waals surface area contributed by atoms with Crippen LogP contribution in [0.2, 0.25) is 0 Å². The third kappa shape index (κ3) is 4.45. The molecule has 1 aliphatic carbocycles. The highest BCUT2D eigenvalue weighted by Crippen LogP contribution is 2.35. The molecule has 1 saturated carbocycles. The number of anilines is 1. The van der Waals surface area contributed by atoms with Crippen LogP contribution in [0.3, 0.4) is 0 Å². The summed E-state index contributed by atoms with van der Waals surface area (Å²) in [6.45, 7) is 2.31. The summed E-state index contributed by atoms with van der Waals surface area (Å²) < 4.78 is 5.31. The maximum absolute atomic E-state index is 12.0. The molecule has 1 aromatic rings. The van der Waals surface area contributed by atoms with Crippen molar-refractivity contribution in [2.45, 2.75) is 19.8 Å². The van der Waals surface area contributed by atoms with Crippen molar-refractivity contribution < 1.29 is 24.2 Å². The standard InChI is InChI=1S/C16H20N2O5/c1-2-17-14(19)9-23-11-5-3-10(4-6-11)18-15(20)12-7-8-13(12)16(21)22/h3-6,12-13H,2,7-9H2,1H3,(H,17,19)(H,18,20)(H,21,22). The van der Waals surface area contributed by atoms with E-state index in [0.29, 0.717) is 30.8 Å². The van der Waals surface area contributed by atoms with Crippen LogP contribution in [0.4, 0.5) is 5.69 Å². The van der Waals surface area contributed by atoms with Gasteiger partial charge in [0.1, 0.15) is 5.75 Å². The first kappa shape index (κ1) is 16.8. The van der Waals surface area contributed by atoms with Crippen LogP contribution in [0, 0.1) is 11.8 Å². The lowest BCUT2D eigenvalue weighted by Gasteiger charge is -2.31. The number of rotatable bonds is 7. The van der Waals surface area contributed by atoms with Gasteiger partial charge in [-0.15, -0.1) is 0 Å². The summed E-state index contributed by atoms with van der Waals surface area (Å²) in [5, 5.41) is 14.3. The van der Waals surface area contributed by atoms with Crippen LogP contribution >= 0.6 is 0 Å². The quantitative estimate of drug-likeness (QED) is 0.701. The van der Waals surface area contributed by atoms with E-state index in [1.807, 2.05) is 6.92 Å². The molecule has 0 radical (unpaired) electrons. The van der Waals surface area contributed by atoms with Gasteiger partial charge in [0.2, 0.25) is 5.91 Å². The molecule has 0 bridgehead atoms. The molecule has 0 aliphatic heterocycles. The number of aliphatic carboxylic acids is 1. The average Bonchev–Trinajstić information content (AvgIpc) is 2.45. The highest BCUT2D eigenvalue weighted by atomic mass is 16.5. The second-order valence-corrected chi connectivity index (χ2v) is 5.38. The van der Waals surface area contributed by atoms with E-state index in [1.165, 1.54) is 0 Å². The van der Waals surface area contributed by atoms with Crippen molar-refractivity contribution in [3.8, 4) is 5.75 Å². The van der Waals surface area contributed by atoms with Crippen LogP contribution in [-0.2, 0) is 14.4 Å². The Morgan fingerprint density at radius 2 is 1.83 bits per heavy atom. The maximum atomic E-state index is 12.0. The number of likely N-dealkylation sites (N-methyl/N-ethyl adjacent to an activating group) is 1. The Balaban J connectivity index is 1.84. The summed E-state index contributed by atoms with van der Waals surface area (Å²) in [5.74, 6) is -1.95. The van der Waals surface area contributed by atoms with Crippen molar-refractivity contribution in [1.82, 2.24) is 5.32 Å². The third-order valence-corrected chi connectivity index (χ3v) is 3.79. The minimum Gasteiger partial charge on any atom is -0.484 e. The fourth-order valence-electron chi connectivity index (χ4n) is 2.38. The van der Waals surface area contributed by atoms with Gasteiger partial charge in [0, 0.05) is 12.2 Å². The predicted octanol–water partition coefficient (Wildman–Crippen LogP) is 1.25. The molecular weight excluding hydrogens is 300 g/mol. The lowest BCUT2D eigenvalue weighted by molar-refractivity contribution is -0.151. The second-order valence-electron chi connectivity index (χ2n) is 5.38. The molecule has 2 rings (SSSR count). The summed E-state index contributed by atoms with van der Waals surface area (Å²) in [6.07, 6.45) is 1.14. The second kappa shape index (κ2) is 7.62. The number of carboxylic acid groups (broad SMARTS) is 1. The molecule has 2 amide bonds. The van der Waals surface area contributed by atoms with Crippen LogP contribution in [0.1, 0.15) is 19.8 Å². The molecule has 3 N–H and O–H groups in total. The van der Waals surface area contributed by atoms with E-state index >= 15 is 0 Å². The van der Waals surface area contributed by atoms with Crippen molar-refractivity contribution in [2.75, 3.05) is 18.5 Å². The lowest BCUT2D eigenvalue weighted by Crippen LogP contribution is -2.41. The van der Waals surface area contributed by atoms with E-state index < -0.39 is 17.8 Å². The summed E-state index contributed by atoms with van der Waals surface area (Å²) >= 11 is 0. The first-order chi connectivity index (χ1) is 11.0. The number of carbonyl (C=O) groups is 3. The number of ether oxygens (including phenoxy) is 1. The normalized spacial score (nSPS) is 19.3. The minimum atomic E-state index is -0.925. The van der Waals surface area contributed by atoms with Gasteiger partial charge in [-0.25, -0.2) is 0 Å². The number of benzene rings is 1. The van der Waals surface area contributed by atoms with E-state index in [1.54, 1.807) is 24.3 Å². The smallest absolute Gasteiger partial charge is 0.307 e. The number of hydrogen-bond donors (Lipinski definition) is 3. The zero-order chi connectivity index (χ0) is 16.8. The summed E-state index contributed by atoms with van der Waals surface area (Å²) in [6, 6.07) is 6.59. The Kier molecular flexibility index (Phi) is 5.56. The summed E-state index contributed by atoms with van der Waals surface area (Å²) in [5.41, 5.74) is 0.566. The van der Waals surface area contributed by atoms with Crippen molar-refractivity contribution in [3.05, 3.63) is 24.3 Å². The molecule has 2 unspecified atom stereocenters. The molecule has 0 spiro atoms. The van der Waals surface area contributed by atoms with Crippen LogP contribution in [0.15, 0.2) is 24.3 Å². The Bertz CT molecular complexity index is 585. The Hall–Kier alpha value is -2.57. The average molecular weight is 320 g/mol. The molecule has 0 saturated heterocycles. The zero-order valence-corrected chi connectivity index (χ0v) is 12.9. The fourth-order valence-corrected chi connectivity index (χ4v) is 2.38. The molecule has 7 heteroatoms. The molecule has 0 aromatic heterocycles. The molecule has 124 valence electrons. The SMILES string of the molecule is CCNC(=O)COc1ccc(NC(=O)C2CCC2C(=O)O)cc1. The molecule has 7 nitrogen and oxygen atoms in total. The topological polar surface area (TPSA) is 105 Å². The van der Waals surface area contributed by atoms with Gasteiger partial charge in [0.15, 0.2) is 6.61 Å². The molecule has 2 atom stereocenters. The first-order valence-corrected chi connectivity index (χ1v) is 7.54. The van der Waals surface area contributed by atoms with Crippen LogP contribution < -0.4 is 15.4 Å². The highest BCUT2D eigenvalue weighted by molar-refractivity contribution is 5.96. The minimum absolute atomic E-state index is 0.0675. The number of carbonyl (C=O) groups excluding carboxylic acids is 2. The van der Waals surface area contributed by atoms with Gasteiger partial charge in [0.05, 0.1) is 11.8 Å². The fraction of sp³-hybridized carbons (Fsp3) is 0.438. The van der Waals surface area contributed by atoms with Gasteiger partial charge in [-0.05, 0) is 44.0 Å². The summed E-state index contributed by atoms with van der Waals surface area (Å²) in [7, 11) is 0. The summed E-state index contributed by atoms with van der Waals surface area (Å²) in [4.78, 5) is 34.2. The van der Waals surface area contributed by atoms with E-state index in [9.17, 15) is 14.4 Å². The van der Waals surface area contributed by atoms with E-state index in [2.05, 4.69) is 10.6 Å². The van der Waals surface area contributed by atoms with Gasteiger partial charge < -0.3 is 20.5 Å². The predicted molar refractivity (Wildman–Crippen MR) is 83.1 cm³/mol. The molecular formula is C16H20N2O5. The Labute approximate surface area is 134 Å². The van der Waals surface area contributed by atoms with Crippen LogP contribution in [-0.4, -0.2) is 36.0 Å². The van der Waals surface area contributed by atoms with Crippen molar-refractivity contribution in [2.24, 2.45) is 11.8 Å². The third-order valence-electron chi connectivity index (χ3n) is 3.79. The number of amides is 2. The van der Waals surface area contributed by atoms with Crippen molar-refractivity contribution in [1.29, 1.82) is 0 Å². The van der Waals surface area contributed by atoms with Crippen LogP contribution in [0.25, 0.3) is 0 Å². The number of carboxylic acids is 1. The first-order valence-electron chi connectivity index (χ1n) is 7.54. The van der Waals surface area contributed by atoms with Crippen LogP contribution in [0.5, 0.6) is 5.75 Å². The van der Waals surface area contributed by atoms with Gasteiger partial charge >= 0.3 is 5.97 Å². The number of nitrogens with one attached hydrogen (secondary N) is 2. The molecule has 0 heterocycles. The van der Waals surface area contributed by atoms with E-state index in [4.69, 9.17) is 9.84 Å². The lowest BCUT2D eigenvalue weighted by atomic mass is 9.73. The number of hydrogen-bond acceptors (Lipinski definition) is 4. The van der Waals surface area contributed by atoms with Gasteiger partial charge in [-0.3, -0.25) is 14.4 Å². The maximum Gasteiger partial charge on any atom is 0.307 e. The highest BCUT2D eigenvalue weighted by Gasteiger charge is 2.41. The van der Waals surface area contributed by atoms with E-state index in [-0.39, 0.29) is 18.4 Å². The Morgan fingerprint density at radius 1 is 1.17 bits per heavy atom. The molecule has 23 heavy (non-hydrogen) atoms. The Morgan fingerprint density at radius 3 is 2.35 bits per heavy atom. The van der Waals surface area contributed by atoms with E-state index in [0.717, 1.165) is 0 Å².